The van der Waals surface area contributed by atoms with Gasteiger partial charge in [-0.15, -0.1) is 0 Å². The maximum absolute atomic E-state index is 12.2. The Labute approximate surface area is 125 Å². The monoisotopic (exact) mass is 308 g/mol. The third-order valence-electron chi connectivity index (χ3n) is 3.66. The highest BCUT2D eigenvalue weighted by Gasteiger charge is 2.26. The van der Waals surface area contributed by atoms with Crippen molar-refractivity contribution >= 4 is 22.0 Å². The highest BCUT2D eigenvalue weighted by Crippen LogP contribution is 2.22. The van der Waals surface area contributed by atoms with E-state index in [0.29, 0.717) is 32.4 Å². The van der Waals surface area contributed by atoms with Gasteiger partial charge in [0.05, 0.1) is 0 Å². The van der Waals surface area contributed by atoms with E-state index in [0.717, 1.165) is 5.56 Å². The standard InChI is InChI=1S/C15H20N2O3S/c16-15(18)12-14-6-9-17(10-7-14)21(19,20)11-8-13-4-2-1-3-5-13/h1-5,8,11,14H,6-7,9-10,12H2,(H2,16,18). The number of piperidine rings is 1. The highest BCUT2D eigenvalue weighted by atomic mass is 32.2. The average Bonchev–Trinajstić information content (AvgIpc) is 2.46. The normalized spacial score (nSPS) is 18.1. The second-order valence-corrected chi connectivity index (χ2v) is 7.09. The number of nitrogens with two attached hydrogens (primary N) is 1. The molecule has 1 fully saturated rings. The fraction of sp³-hybridized carbons (Fsp3) is 0.400. The van der Waals surface area contributed by atoms with Crippen molar-refractivity contribution < 1.29 is 13.2 Å². The lowest BCUT2D eigenvalue weighted by molar-refractivity contribution is -0.119. The maximum Gasteiger partial charge on any atom is 0.236 e. The molecule has 114 valence electrons. The molecule has 0 aliphatic carbocycles. The van der Waals surface area contributed by atoms with Crippen LogP contribution in [0.4, 0.5) is 0 Å². The molecule has 2 N–H and O–H groups in total. The molecule has 0 spiro atoms. The Kier molecular flexibility index (Phi) is 5.14. The van der Waals surface area contributed by atoms with Crippen LogP contribution in [0.1, 0.15) is 24.8 Å². The number of carbonyl (C=O) groups is 1. The Morgan fingerprint density at radius 2 is 1.86 bits per heavy atom. The fourth-order valence-electron chi connectivity index (χ4n) is 2.47. The molecule has 1 amide bonds. The van der Waals surface area contributed by atoms with Gasteiger partial charge >= 0.3 is 0 Å². The van der Waals surface area contributed by atoms with E-state index < -0.39 is 10.0 Å². The molecule has 5 nitrogen and oxygen atoms in total. The van der Waals surface area contributed by atoms with Crippen molar-refractivity contribution in [3.05, 3.63) is 41.3 Å². The lowest BCUT2D eigenvalue weighted by Crippen LogP contribution is -2.38. The van der Waals surface area contributed by atoms with Gasteiger partial charge in [-0.2, -0.15) is 4.31 Å². The van der Waals surface area contributed by atoms with Crippen LogP contribution in [0.5, 0.6) is 0 Å². The molecular formula is C15H20N2O3S. The van der Waals surface area contributed by atoms with Gasteiger partial charge < -0.3 is 5.73 Å². The van der Waals surface area contributed by atoms with Gasteiger partial charge in [0.2, 0.25) is 15.9 Å². The molecule has 21 heavy (non-hydrogen) atoms. The van der Waals surface area contributed by atoms with Crippen LogP contribution in [-0.4, -0.2) is 31.7 Å². The van der Waals surface area contributed by atoms with Crippen molar-refractivity contribution in [2.75, 3.05) is 13.1 Å². The SMILES string of the molecule is NC(=O)CC1CCN(S(=O)(=O)C=Cc2ccccc2)CC1. The zero-order valence-electron chi connectivity index (χ0n) is 11.8. The second kappa shape index (κ2) is 6.87. The van der Waals surface area contributed by atoms with Crippen LogP contribution in [0, 0.1) is 5.92 Å². The zero-order valence-corrected chi connectivity index (χ0v) is 12.6. The molecule has 0 saturated carbocycles. The molecule has 0 unspecified atom stereocenters. The van der Waals surface area contributed by atoms with Gasteiger partial charge in [-0.3, -0.25) is 4.79 Å². The zero-order chi connectivity index (χ0) is 15.3. The van der Waals surface area contributed by atoms with Crippen molar-refractivity contribution in [3.8, 4) is 0 Å². The Morgan fingerprint density at radius 3 is 2.43 bits per heavy atom. The van der Waals surface area contributed by atoms with E-state index in [9.17, 15) is 13.2 Å². The minimum absolute atomic E-state index is 0.201. The summed E-state index contributed by atoms with van der Waals surface area (Å²) in [5, 5.41) is 1.25. The second-order valence-electron chi connectivity index (χ2n) is 5.27. The summed E-state index contributed by atoms with van der Waals surface area (Å²) in [6.45, 7) is 0.888. The molecule has 1 aliphatic heterocycles. The van der Waals surface area contributed by atoms with Crippen LogP contribution in [0.3, 0.4) is 0 Å². The number of primary amides is 1. The third-order valence-corrected chi connectivity index (χ3v) is 5.22. The third kappa shape index (κ3) is 4.68. The topological polar surface area (TPSA) is 80.5 Å². The van der Waals surface area contributed by atoms with Crippen LogP contribution in [-0.2, 0) is 14.8 Å². The van der Waals surface area contributed by atoms with Crippen LogP contribution < -0.4 is 5.73 Å². The number of hydrogen-bond acceptors (Lipinski definition) is 3. The van der Waals surface area contributed by atoms with E-state index in [1.165, 1.54) is 9.71 Å². The number of sulfonamides is 1. The van der Waals surface area contributed by atoms with E-state index in [-0.39, 0.29) is 11.8 Å². The van der Waals surface area contributed by atoms with Crippen molar-refractivity contribution in [1.82, 2.24) is 4.31 Å². The number of hydrogen-bond donors (Lipinski definition) is 1. The summed E-state index contributed by atoms with van der Waals surface area (Å²) in [7, 11) is -3.40. The van der Waals surface area contributed by atoms with Crippen molar-refractivity contribution in [1.29, 1.82) is 0 Å². The smallest absolute Gasteiger partial charge is 0.236 e. The number of carbonyl (C=O) groups excluding carboxylic acids is 1. The molecule has 1 heterocycles. The fourth-order valence-corrected chi connectivity index (χ4v) is 3.69. The summed E-state index contributed by atoms with van der Waals surface area (Å²) in [6, 6.07) is 9.31. The summed E-state index contributed by atoms with van der Waals surface area (Å²) >= 11 is 0. The predicted molar refractivity (Wildman–Crippen MR) is 82.5 cm³/mol. The van der Waals surface area contributed by atoms with E-state index in [2.05, 4.69) is 0 Å². The first-order chi connectivity index (χ1) is 9.97. The van der Waals surface area contributed by atoms with Crippen LogP contribution >= 0.6 is 0 Å². The lowest BCUT2D eigenvalue weighted by Gasteiger charge is -2.29. The van der Waals surface area contributed by atoms with Gasteiger partial charge in [0.1, 0.15) is 0 Å². The van der Waals surface area contributed by atoms with Gasteiger partial charge in [-0.25, -0.2) is 8.42 Å². The van der Waals surface area contributed by atoms with E-state index >= 15 is 0 Å². The van der Waals surface area contributed by atoms with E-state index in [1.54, 1.807) is 6.08 Å². The Morgan fingerprint density at radius 1 is 1.24 bits per heavy atom. The molecule has 1 aromatic carbocycles. The molecule has 2 rings (SSSR count). The van der Waals surface area contributed by atoms with Gasteiger partial charge in [0.15, 0.2) is 0 Å². The molecule has 1 aromatic rings. The van der Waals surface area contributed by atoms with Gasteiger partial charge in [-0.05, 0) is 30.4 Å². The number of amides is 1. The summed E-state index contributed by atoms with van der Waals surface area (Å²) in [4.78, 5) is 10.9. The summed E-state index contributed by atoms with van der Waals surface area (Å²) in [6.07, 6.45) is 3.31. The van der Waals surface area contributed by atoms with Crippen LogP contribution in [0.2, 0.25) is 0 Å². The Balaban J connectivity index is 1.95. The first-order valence-corrected chi connectivity index (χ1v) is 8.49. The number of benzene rings is 1. The van der Waals surface area contributed by atoms with Crippen molar-refractivity contribution in [2.24, 2.45) is 11.7 Å². The number of rotatable bonds is 5. The molecular weight excluding hydrogens is 288 g/mol. The van der Waals surface area contributed by atoms with Gasteiger partial charge in [0.25, 0.3) is 0 Å². The van der Waals surface area contributed by atoms with E-state index in [4.69, 9.17) is 5.73 Å². The molecule has 1 saturated heterocycles. The van der Waals surface area contributed by atoms with Crippen LogP contribution in [0.15, 0.2) is 35.7 Å². The Bertz CT molecular complexity index is 603. The quantitative estimate of drug-likeness (QED) is 0.896. The minimum atomic E-state index is -3.40. The molecule has 6 heteroatoms. The Hall–Kier alpha value is -1.66. The predicted octanol–water partition coefficient (Wildman–Crippen LogP) is 1.57. The van der Waals surface area contributed by atoms with Crippen molar-refractivity contribution in [3.63, 3.8) is 0 Å². The maximum atomic E-state index is 12.2. The average molecular weight is 308 g/mol. The van der Waals surface area contributed by atoms with Crippen molar-refractivity contribution in [2.45, 2.75) is 19.3 Å². The molecule has 0 aromatic heterocycles. The van der Waals surface area contributed by atoms with E-state index in [1.807, 2.05) is 30.3 Å². The summed E-state index contributed by atoms with van der Waals surface area (Å²) < 4.78 is 25.9. The molecule has 1 aliphatic rings. The highest BCUT2D eigenvalue weighted by molar-refractivity contribution is 7.92. The first-order valence-electron chi connectivity index (χ1n) is 6.99. The van der Waals surface area contributed by atoms with Gasteiger partial charge in [-0.1, -0.05) is 30.3 Å². The van der Waals surface area contributed by atoms with Gasteiger partial charge in [0, 0.05) is 24.9 Å². The summed E-state index contributed by atoms with van der Waals surface area (Å²) in [5.41, 5.74) is 6.03. The molecule has 0 bridgehead atoms. The first kappa shape index (κ1) is 15.7. The largest absolute Gasteiger partial charge is 0.370 e. The van der Waals surface area contributed by atoms with Crippen LogP contribution in [0.25, 0.3) is 6.08 Å². The number of nitrogens with zero attached hydrogens (tertiary/aromatic N) is 1. The lowest BCUT2D eigenvalue weighted by atomic mass is 9.94. The molecule has 0 radical (unpaired) electrons. The molecule has 0 atom stereocenters. The summed E-state index contributed by atoms with van der Waals surface area (Å²) in [5.74, 6) is -0.118. The minimum Gasteiger partial charge on any atom is -0.370 e.